The van der Waals surface area contributed by atoms with Crippen LogP contribution >= 0.6 is 0 Å². The lowest BCUT2D eigenvalue weighted by Gasteiger charge is -2.48. The smallest absolute Gasteiger partial charge is 0.220 e. The number of ether oxygens (including phenoxy) is 6. The normalized spacial score (nSPS) is 30.5. The van der Waals surface area contributed by atoms with E-state index in [9.17, 15) is 61.0 Å². The summed E-state index contributed by atoms with van der Waals surface area (Å²) in [5.41, 5.74) is 0. The van der Waals surface area contributed by atoms with Crippen LogP contribution in [0.2, 0.25) is 0 Å². The second kappa shape index (κ2) is 44.2. The summed E-state index contributed by atoms with van der Waals surface area (Å²) in [6.45, 7) is 1.51. The van der Waals surface area contributed by atoms with E-state index in [0.717, 1.165) is 57.8 Å². The molecular formula is C62H103NO18. The van der Waals surface area contributed by atoms with Crippen molar-refractivity contribution < 1.29 is 89.4 Å². The number of amides is 1. The number of unbranched alkanes of at least 4 members (excludes halogenated alkanes) is 12. The van der Waals surface area contributed by atoms with Crippen LogP contribution in [0.1, 0.15) is 155 Å². The molecule has 81 heavy (non-hydrogen) atoms. The Labute approximate surface area is 482 Å². The summed E-state index contributed by atoms with van der Waals surface area (Å²) in [5.74, 6) is -0.351. The van der Waals surface area contributed by atoms with E-state index in [1.165, 1.54) is 57.8 Å². The lowest BCUT2D eigenvalue weighted by Crippen LogP contribution is -2.66. The van der Waals surface area contributed by atoms with E-state index < -0.39 is 131 Å². The summed E-state index contributed by atoms with van der Waals surface area (Å²) >= 11 is 0. The zero-order chi connectivity index (χ0) is 59.0. The molecule has 3 heterocycles. The molecule has 17 atom stereocenters. The molecule has 1 amide bonds. The quantitative estimate of drug-likeness (QED) is 0.0270. The van der Waals surface area contributed by atoms with E-state index in [1.807, 2.05) is 18.2 Å². The van der Waals surface area contributed by atoms with Crippen LogP contribution < -0.4 is 5.32 Å². The largest absolute Gasteiger partial charge is 0.394 e. The topological polar surface area (TPSA) is 307 Å². The van der Waals surface area contributed by atoms with Crippen molar-refractivity contribution in [3.63, 3.8) is 0 Å². The Morgan fingerprint density at radius 2 is 0.864 bits per heavy atom. The van der Waals surface area contributed by atoms with E-state index in [-0.39, 0.29) is 12.3 Å². The molecule has 0 spiro atoms. The third-order valence-electron chi connectivity index (χ3n) is 14.3. The highest BCUT2D eigenvalue weighted by Crippen LogP contribution is 2.33. The average Bonchev–Trinajstić information content (AvgIpc) is 3.47. The second-order valence-corrected chi connectivity index (χ2v) is 21.1. The number of carbonyl (C=O) groups is 1. The van der Waals surface area contributed by atoms with Crippen molar-refractivity contribution >= 4 is 5.91 Å². The first kappa shape index (κ1) is 72.0. The number of carbonyl (C=O) groups excluding carboxylic acids is 1. The molecule has 0 saturated carbocycles. The predicted octanol–water partition coefficient (Wildman–Crippen LogP) is 5.37. The van der Waals surface area contributed by atoms with Crippen LogP contribution in [0.25, 0.3) is 0 Å². The Balaban J connectivity index is 1.55. The van der Waals surface area contributed by atoms with Gasteiger partial charge in [-0.3, -0.25) is 4.79 Å². The minimum absolute atomic E-state index is 0.148. The molecule has 19 nitrogen and oxygen atoms in total. The highest BCUT2D eigenvalue weighted by atomic mass is 16.8. The summed E-state index contributed by atoms with van der Waals surface area (Å²) in [7, 11) is 0. The summed E-state index contributed by atoms with van der Waals surface area (Å²) < 4.78 is 34.2. The zero-order valence-corrected chi connectivity index (χ0v) is 48.2. The molecule has 3 aliphatic rings. The molecule has 17 unspecified atom stereocenters. The first-order valence-corrected chi connectivity index (χ1v) is 30.0. The number of hydrogen-bond donors (Lipinski definition) is 12. The maximum atomic E-state index is 13.3. The Morgan fingerprint density at radius 1 is 0.457 bits per heavy atom. The van der Waals surface area contributed by atoms with Crippen molar-refractivity contribution in [3.05, 3.63) is 97.2 Å². The number of hydrogen-bond acceptors (Lipinski definition) is 18. The monoisotopic (exact) mass is 1150 g/mol. The molecular weight excluding hydrogens is 1050 g/mol. The average molecular weight is 1150 g/mol. The van der Waals surface area contributed by atoms with Gasteiger partial charge in [0.25, 0.3) is 0 Å². The van der Waals surface area contributed by atoms with Crippen LogP contribution in [0, 0.1) is 0 Å². The third kappa shape index (κ3) is 28.0. The molecule has 0 aromatic carbocycles. The van der Waals surface area contributed by atoms with Crippen molar-refractivity contribution in [2.75, 3.05) is 26.4 Å². The maximum absolute atomic E-state index is 13.3. The Morgan fingerprint density at radius 3 is 1.38 bits per heavy atom. The summed E-state index contributed by atoms with van der Waals surface area (Å²) in [5, 5.41) is 120. The van der Waals surface area contributed by atoms with E-state index in [4.69, 9.17) is 28.4 Å². The Kier molecular flexibility index (Phi) is 39.3. The number of aliphatic hydroxyl groups excluding tert-OH is 11. The van der Waals surface area contributed by atoms with E-state index in [1.54, 1.807) is 6.08 Å². The molecule has 3 fully saturated rings. The van der Waals surface area contributed by atoms with Gasteiger partial charge in [-0.05, 0) is 83.5 Å². The van der Waals surface area contributed by atoms with Gasteiger partial charge in [-0.1, -0.05) is 162 Å². The summed E-state index contributed by atoms with van der Waals surface area (Å²) in [6, 6.07) is -1.03. The first-order chi connectivity index (χ1) is 39.3. The fourth-order valence-corrected chi connectivity index (χ4v) is 9.43. The van der Waals surface area contributed by atoms with Gasteiger partial charge >= 0.3 is 0 Å². The van der Waals surface area contributed by atoms with Crippen molar-refractivity contribution in [1.29, 1.82) is 0 Å². The van der Waals surface area contributed by atoms with E-state index in [0.29, 0.717) is 19.3 Å². The molecule has 3 rings (SSSR count). The Bertz CT molecular complexity index is 1850. The molecule has 0 radical (unpaired) electrons. The van der Waals surface area contributed by atoms with Crippen molar-refractivity contribution in [1.82, 2.24) is 5.32 Å². The lowest BCUT2D eigenvalue weighted by molar-refractivity contribution is -0.379. The highest BCUT2D eigenvalue weighted by molar-refractivity contribution is 5.76. The molecule has 12 N–H and O–H groups in total. The van der Waals surface area contributed by atoms with Gasteiger partial charge in [0.15, 0.2) is 18.9 Å². The number of aliphatic hydroxyl groups is 11. The van der Waals surface area contributed by atoms with Gasteiger partial charge in [0, 0.05) is 6.42 Å². The summed E-state index contributed by atoms with van der Waals surface area (Å²) in [4.78, 5) is 13.3. The van der Waals surface area contributed by atoms with Gasteiger partial charge in [-0.2, -0.15) is 0 Å². The highest BCUT2D eigenvalue weighted by Gasteiger charge is 2.53. The van der Waals surface area contributed by atoms with Gasteiger partial charge in [0.05, 0.1) is 38.6 Å². The van der Waals surface area contributed by atoms with Gasteiger partial charge < -0.3 is 89.9 Å². The third-order valence-corrected chi connectivity index (χ3v) is 14.3. The molecule has 19 heteroatoms. The van der Waals surface area contributed by atoms with Crippen LogP contribution in [0.15, 0.2) is 97.2 Å². The molecule has 0 aromatic rings. The molecule has 0 aliphatic carbocycles. The molecule has 3 saturated heterocycles. The van der Waals surface area contributed by atoms with Crippen LogP contribution in [-0.2, 0) is 33.2 Å². The standard InChI is InChI=1S/C62H103NO18/c1-3-5-7-9-11-13-15-17-19-21-22-24-25-27-29-31-33-35-37-39-46(67)45(63-50(68)40-38-36-34-32-30-28-26-23-20-18-16-14-12-10-8-6-4-2)44-76-60-56(74)53(71)58(48(42-65)78-60)81-62-57(75)54(72)59(49(43-66)79-62)80-61-55(73)52(70)51(69)47(41-64)77-61/h6,8,12,14,18,20,22,24,26,28-29,31-32,34,37,39,45-49,51-62,64-67,69-75H,3-5,7,9-11,13,15-17,19,21,23,25,27,30,33,35-36,38,40-44H2,1-2H3,(H,63,68)/b8-6-,14-12-,20-18-,24-22+,28-26-,31-29+,34-32-,39-37+. The molecule has 3 aliphatic heterocycles. The number of allylic oxidation sites excluding steroid dienone is 15. The second-order valence-electron chi connectivity index (χ2n) is 21.1. The lowest BCUT2D eigenvalue weighted by atomic mass is 9.96. The SMILES string of the molecule is CC/C=C\C/C=C\C/C=C\C/C=C\C/C=C\CCCC(=O)NC(COC1OC(CO)C(OC2OC(CO)C(OC3OC(CO)C(O)C(O)C3O)C(O)C2O)C(O)C1O)C(O)/C=C/CC/C=C/CC/C=C/CCCCCCCCCCC. The van der Waals surface area contributed by atoms with Gasteiger partial charge in [-0.15, -0.1) is 0 Å². The molecule has 464 valence electrons. The van der Waals surface area contributed by atoms with Crippen LogP contribution in [0.3, 0.4) is 0 Å². The van der Waals surface area contributed by atoms with Crippen LogP contribution in [-0.4, -0.2) is 193 Å². The predicted molar refractivity (Wildman–Crippen MR) is 309 cm³/mol. The van der Waals surface area contributed by atoms with Gasteiger partial charge in [-0.25, -0.2) is 0 Å². The number of nitrogens with one attached hydrogen (secondary N) is 1. The summed E-state index contributed by atoms with van der Waals surface area (Å²) in [6.07, 6.45) is 28.2. The maximum Gasteiger partial charge on any atom is 0.220 e. The van der Waals surface area contributed by atoms with Gasteiger partial charge in [0.1, 0.15) is 73.2 Å². The van der Waals surface area contributed by atoms with E-state index >= 15 is 0 Å². The van der Waals surface area contributed by atoms with Crippen LogP contribution in [0.5, 0.6) is 0 Å². The minimum atomic E-state index is -1.99. The minimum Gasteiger partial charge on any atom is -0.394 e. The van der Waals surface area contributed by atoms with Crippen molar-refractivity contribution in [3.8, 4) is 0 Å². The Hall–Kier alpha value is -3.29. The van der Waals surface area contributed by atoms with E-state index in [2.05, 4.69) is 92.1 Å². The van der Waals surface area contributed by atoms with Crippen LogP contribution in [0.4, 0.5) is 0 Å². The van der Waals surface area contributed by atoms with Crippen molar-refractivity contribution in [2.24, 2.45) is 0 Å². The fourth-order valence-electron chi connectivity index (χ4n) is 9.43. The first-order valence-electron chi connectivity index (χ1n) is 30.0. The van der Waals surface area contributed by atoms with Gasteiger partial charge in [0.2, 0.25) is 5.91 Å². The number of rotatable bonds is 42. The zero-order valence-electron chi connectivity index (χ0n) is 48.2. The molecule has 0 aromatic heterocycles. The molecule has 0 bridgehead atoms. The fraction of sp³-hybridized carbons (Fsp3) is 0.726. The van der Waals surface area contributed by atoms with Crippen molar-refractivity contribution in [2.45, 2.75) is 259 Å².